The van der Waals surface area contributed by atoms with Crippen molar-refractivity contribution in [2.75, 3.05) is 46.9 Å². The topological polar surface area (TPSA) is 33.7 Å². The highest BCUT2D eigenvalue weighted by molar-refractivity contribution is 4.74. The zero-order valence-corrected chi connectivity index (χ0v) is 10.9. The Bertz CT molecular complexity index is 166. The number of methoxy groups -OCH3 is 2. The van der Waals surface area contributed by atoms with Gasteiger partial charge >= 0.3 is 0 Å². The van der Waals surface area contributed by atoms with Gasteiger partial charge in [-0.15, -0.1) is 0 Å². The van der Waals surface area contributed by atoms with Gasteiger partial charge < -0.3 is 14.8 Å². The second kappa shape index (κ2) is 8.01. The van der Waals surface area contributed by atoms with E-state index in [2.05, 4.69) is 17.1 Å². The molecule has 0 spiro atoms. The molecule has 0 radical (unpaired) electrons. The fourth-order valence-corrected chi connectivity index (χ4v) is 2.18. The summed E-state index contributed by atoms with van der Waals surface area (Å²) in [4.78, 5) is 2.43. The van der Waals surface area contributed by atoms with Crippen LogP contribution in [0.1, 0.15) is 19.8 Å². The highest BCUT2D eigenvalue weighted by Crippen LogP contribution is 2.16. The van der Waals surface area contributed by atoms with Crippen LogP contribution in [0.4, 0.5) is 0 Å². The Kier molecular flexibility index (Phi) is 6.96. The van der Waals surface area contributed by atoms with E-state index in [-0.39, 0.29) is 6.29 Å². The van der Waals surface area contributed by atoms with Crippen LogP contribution < -0.4 is 5.32 Å². The molecule has 0 atom stereocenters. The average molecular weight is 230 g/mol. The zero-order chi connectivity index (χ0) is 11.8. The summed E-state index contributed by atoms with van der Waals surface area (Å²) in [6.07, 6.45) is 2.49. The van der Waals surface area contributed by atoms with Crippen molar-refractivity contribution in [3.63, 3.8) is 0 Å². The lowest BCUT2D eigenvalue weighted by Crippen LogP contribution is -2.41. The largest absolute Gasteiger partial charge is 0.355 e. The van der Waals surface area contributed by atoms with Crippen LogP contribution in [0.15, 0.2) is 0 Å². The smallest absolute Gasteiger partial charge is 0.169 e. The number of hydrogen-bond acceptors (Lipinski definition) is 4. The molecular formula is C12H26N2O2. The van der Waals surface area contributed by atoms with Gasteiger partial charge in [-0.3, -0.25) is 4.90 Å². The van der Waals surface area contributed by atoms with Crippen LogP contribution in [-0.2, 0) is 9.47 Å². The summed E-state index contributed by atoms with van der Waals surface area (Å²) in [5, 5.41) is 3.43. The highest BCUT2D eigenvalue weighted by atomic mass is 16.7. The molecule has 0 aromatic heterocycles. The minimum atomic E-state index is -0.0784. The monoisotopic (exact) mass is 230 g/mol. The van der Waals surface area contributed by atoms with E-state index < -0.39 is 0 Å². The molecule has 0 bridgehead atoms. The van der Waals surface area contributed by atoms with E-state index in [1.54, 1.807) is 14.2 Å². The first kappa shape index (κ1) is 13.9. The van der Waals surface area contributed by atoms with Crippen molar-refractivity contribution >= 4 is 0 Å². The zero-order valence-electron chi connectivity index (χ0n) is 10.9. The number of hydrogen-bond donors (Lipinski definition) is 1. The van der Waals surface area contributed by atoms with E-state index in [0.717, 1.165) is 19.0 Å². The molecule has 1 heterocycles. The van der Waals surface area contributed by atoms with Crippen LogP contribution in [-0.4, -0.2) is 58.1 Å². The summed E-state index contributed by atoms with van der Waals surface area (Å²) in [6.45, 7) is 7.63. The van der Waals surface area contributed by atoms with E-state index in [4.69, 9.17) is 9.47 Å². The molecule has 0 amide bonds. The normalized spacial score (nSPS) is 19.5. The Balaban J connectivity index is 2.16. The van der Waals surface area contributed by atoms with E-state index in [1.165, 1.54) is 32.5 Å². The van der Waals surface area contributed by atoms with Gasteiger partial charge in [0.15, 0.2) is 6.29 Å². The fraction of sp³-hybridized carbons (Fsp3) is 1.00. The number of nitrogens with zero attached hydrogens (tertiary/aromatic N) is 1. The van der Waals surface area contributed by atoms with E-state index in [1.807, 2.05) is 0 Å². The van der Waals surface area contributed by atoms with Gasteiger partial charge in [0.25, 0.3) is 0 Å². The van der Waals surface area contributed by atoms with Crippen molar-refractivity contribution in [3.05, 3.63) is 0 Å². The highest BCUT2D eigenvalue weighted by Gasteiger charge is 2.20. The lowest BCUT2D eigenvalue weighted by Gasteiger charge is -2.33. The van der Waals surface area contributed by atoms with Crippen molar-refractivity contribution in [2.24, 2.45) is 5.92 Å². The Morgan fingerprint density at radius 3 is 2.38 bits per heavy atom. The third-order valence-corrected chi connectivity index (χ3v) is 3.32. The maximum atomic E-state index is 5.22. The van der Waals surface area contributed by atoms with E-state index in [0.29, 0.717) is 0 Å². The molecule has 1 aliphatic rings. The van der Waals surface area contributed by atoms with Gasteiger partial charge in [-0.1, -0.05) is 6.92 Å². The number of nitrogens with one attached hydrogen (secondary N) is 1. The Morgan fingerprint density at radius 1 is 1.25 bits per heavy atom. The second-order valence-electron chi connectivity index (χ2n) is 4.45. The molecule has 1 rings (SSSR count). The lowest BCUT2D eigenvalue weighted by molar-refractivity contribution is -0.118. The van der Waals surface area contributed by atoms with E-state index in [9.17, 15) is 0 Å². The van der Waals surface area contributed by atoms with Crippen molar-refractivity contribution in [2.45, 2.75) is 26.1 Å². The SMILES string of the molecule is CCNCC1CCN(CC(OC)OC)CC1. The predicted octanol–water partition coefficient (Wildman–Crippen LogP) is 0.927. The molecule has 0 aromatic carbocycles. The fourth-order valence-electron chi connectivity index (χ4n) is 2.18. The summed E-state index contributed by atoms with van der Waals surface area (Å²) in [5.41, 5.74) is 0. The predicted molar refractivity (Wildman–Crippen MR) is 65.5 cm³/mol. The Morgan fingerprint density at radius 2 is 1.88 bits per heavy atom. The number of ether oxygens (including phenoxy) is 2. The molecule has 1 N–H and O–H groups in total. The van der Waals surface area contributed by atoms with Crippen LogP contribution in [0, 0.1) is 5.92 Å². The molecule has 0 unspecified atom stereocenters. The first-order chi connectivity index (χ1) is 7.80. The van der Waals surface area contributed by atoms with Crippen molar-refractivity contribution in [3.8, 4) is 0 Å². The summed E-state index contributed by atoms with van der Waals surface area (Å²) >= 11 is 0. The van der Waals surface area contributed by atoms with Crippen molar-refractivity contribution in [1.82, 2.24) is 10.2 Å². The van der Waals surface area contributed by atoms with Crippen LogP contribution in [0.25, 0.3) is 0 Å². The van der Waals surface area contributed by atoms with Gasteiger partial charge in [0.2, 0.25) is 0 Å². The van der Waals surface area contributed by atoms with Crippen molar-refractivity contribution in [1.29, 1.82) is 0 Å². The minimum absolute atomic E-state index is 0.0784. The lowest BCUT2D eigenvalue weighted by atomic mass is 9.97. The molecule has 16 heavy (non-hydrogen) atoms. The first-order valence-corrected chi connectivity index (χ1v) is 6.28. The molecule has 0 saturated carbocycles. The quantitative estimate of drug-likeness (QED) is 0.660. The summed E-state index contributed by atoms with van der Waals surface area (Å²) in [5.74, 6) is 0.847. The van der Waals surface area contributed by atoms with Gasteiger partial charge in [-0.25, -0.2) is 0 Å². The standard InChI is InChI=1S/C12H26N2O2/c1-4-13-9-11-5-7-14(8-6-11)10-12(15-2)16-3/h11-13H,4-10H2,1-3H3. The van der Waals surface area contributed by atoms with Gasteiger partial charge in [0.1, 0.15) is 0 Å². The minimum Gasteiger partial charge on any atom is -0.355 e. The maximum Gasteiger partial charge on any atom is 0.169 e. The molecule has 1 fully saturated rings. The number of likely N-dealkylation sites (tertiary alicyclic amines) is 1. The van der Waals surface area contributed by atoms with Crippen LogP contribution >= 0.6 is 0 Å². The van der Waals surface area contributed by atoms with E-state index >= 15 is 0 Å². The maximum absolute atomic E-state index is 5.22. The summed E-state index contributed by atoms with van der Waals surface area (Å²) in [6, 6.07) is 0. The molecule has 0 aromatic rings. The molecule has 1 saturated heterocycles. The van der Waals surface area contributed by atoms with Crippen LogP contribution in [0.3, 0.4) is 0 Å². The van der Waals surface area contributed by atoms with Gasteiger partial charge in [0, 0.05) is 20.8 Å². The Hall–Kier alpha value is -0.160. The number of piperidine rings is 1. The summed E-state index contributed by atoms with van der Waals surface area (Å²) < 4.78 is 10.4. The molecule has 4 heteroatoms. The Labute approximate surface area is 99.3 Å². The molecule has 1 aliphatic heterocycles. The molecule has 96 valence electrons. The third-order valence-electron chi connectivity index (χ3n) is 3.32. The van der Waals surface area contributed by atoms with Gasteiger partial charge in [-0.05, 0) is 44.9 Å². The molecule has 4 nitrogen and oxygen atoms in total. The van der Waals surface area contributed by atoms with Gasteiger partial charge in [-0.2, -0.15) is 0 Å². The van der Waals surface area contributed by atoms with Crippen LogP contribution in [0.2, 0.25) is 0 Å². The first-order valence-electron chi connectivity index (χ1n) is 6.28. The molecular weight excluding hydrogens is 204 g/mol. The van der Waals surface area contributed by atoms with Crippen molar-refractivity contribution < 1.29 is 9.47 Å². The average Bonchev–Trinajstić information content (AvgIpc) is 2.35. The second-order valence-corrected chi connectivity index (χ2v) is 4.45. The van der Waals surface area contributed by atoms with Gasteiger partial charge in [0.05, 0.1) is 0 Å². The summed E-state index contributed by atoms with van der Waals surface area (Å²) in [7, 11) is 3.40. The number of rotatable bonds is 7. The molecule has 0 aliphatic carbocycles. The van der Waals surface area contributed by atoms with Crippen LogP contribution in [0.5, 0.6) is 0 Å². The third kappa shape index (κ3) is 4.78.